The summed E-state index contributed by atoms with van der Waals surface area (Å²) in [6, 6.07) is 0. The molecule has 1 aliphatic heterocycles. The highest BCUT2D eigenvalue weighted by Crippen LogP contribution is 2.20. The molecule has 4 heteroatoms. The number of rotatable bonds is 3. The van der Waals surface area contributed by atoms with Gasteiger partial charge in [-0.1, -0.05) is 0 Å². The van der Waals surface area contributed by atoms with Crippen LogP contribution in [0.2, 0.25) is 0 Å². The minimum atomic E-state index is -1.13. The molecule has 0 spiro atoms. The average molecular weight is 188 g/mol. The lowest BCUT2D eigenvalue weighted by atomic mass is 10.1. The monoisotopic (exact) mass is 188 g/mol. The van der Waals surface area contributed by atoms with Crippen molar-refractivity contribution in [1.82, 2.24) is 0 Å². The van der Waals surface area contributed by atoms with E-state index in [2.05, 4.69) is 0 Å². The molecular formula is C9H16O4. The van der Waals surface area contributed by atoms with Crippen molar-refractivity contribution in [2.24, 2.45) is 0 Å². The molecule has 1 aliphatic rings. The summed E-state index contributed by atoms with van der Waals surface area (Å²) in [6.45, 7) is 3.68. The van der Waals surface area contributed by atoms with Gasteiger partial charge < -0.3 is 19.4 Å². The van der Waals surface area contributed by atoms with Gasteiger partial charge in [0.05, 0.1) is 12.7 Å². The summed E-state index contributed by atoms with van der Waals surface area (Å²) >= 11 is 0. The van der Waals surface area contributed by atoms with Crippen molar-refractivity contribution >= 4 is 6.29 Å². The largest absolute Gasteiger partial charge is 0.371 e. The second-order valence-corrected chi connectivity index (χ2v) is 3.76. The van der Waals surface area contributed by atoms with Crippen molar-refractivity contribution < 1.29 is 19.4 Å². The molecule has 1 saturated heterocycles. The molecule has 1 fully saturated rings. The summed E-state index contributed by atoms with van der Waals surface area (Å²) < 4.78 is 10.5. The highest BCUT2D eigenvalue weighted by Gasteiger charge is 2.27. The van der Waals surface area contributed by atoms with Crippen LogP contribution in [0.4, 0.5) is 0 Å². The molecular weight excluding hydrogens is 172 g/mol. The Hall–Kier alpha value is -0.450. The first kappa shape index (κ1) is 10.6. The summed E-state index contributed by atoms with van der Waals surface area (Å²) in [7, 11) is 0. The van der Waals surface area contributed by atoms with E-state index >= 15 is 0 Å². The highest BCUT2D eigenvalue weighted by atomic mass is 16.6. The lowest BCUT2D eigenvalue weighted by Crippen LogP contribution is -2.37. The van der Waals surface area contributed by atoms with Crippen LogP contribution in [0.5, 0.6) is 0 Å². The van der Waals surface area contributed by atoms with Crippen LogP contribution in [0.25, 0.3) is 0 Å². The molecule has 0 aromatic heterocycles. The number of ether oxygens (including phenoxy) is 2. The summed E-state index contributed by atoms with van der Waals surface area (Å²) in [5.41, 5.74) is 0. The Morgan fingerprint density at radius 1 is 1.62 bits per heavy atom. The van der Waals surface area contributed by atoms with Crippen LogP contribution >= 0.6 is 0 Å². The Balaban J connectivity index is 2.38. The molecule has 1 rings (SSSR count). The van der Waals surface area contributed by atoms with Gasteiger partial charge in [0.2, 0.25) is 0 Å². The van der Waals surface area contributed by atoms with Gasteiger partial charge in [-0.15, -0.1) is 0 Å². The number of hydrogen-bond donors (Lipinski definition) is 1. The first-order valence-corrected chi connectivity index (χ1v) is 4.48. The summed E-state index contributed by atoms with van der Waals surface area (Å²) in [6.07, 6.45) is 1.59. The normalized spacial score (nSPS) is 30.1. The van der Waals surface area contributed by atoms with Gasteiger partial charge >= 0.3 is 0 Å². The first-order valence-electron chi connectivity index (χ1n) is 4.48. The lowest BCUT2D eigenvalue weighted by Gasteiger charge is -2.31. The highest BCUT2D eigenvalue weighted by molar-refractivity contribution is 5.56. The third kappa shape index (κ3) is 3.85. The molecule has 0 bridgehead atoms. The van der Waals surface area contributed by atoms with Crippen molar-refractivity contribution in [3.63, 3.8) is 0 Å². The fourth-order valence-corrected chi connectivity index (χ4v) is 1.41. The van der Waals surface area contributed by atoms with Crippen LogP contribution in [0.3, 0.4) is 0 Å². The zero-order valence-corrected chi connectivity index (χ0v) is 8.03. The molecule has 4 nitrogen and oxygen atoms in total. The molecule has 0 aliphatic carbocycles. The number of hydrogen-bond acceptors (Lipinski definition) is 4. The summed E-state index contributed by atoms with van der Waals surface area (Å²) in [5, 5.41) is 9.38. The number of aldehydes is 1. The Kier molecular flexibility index (Phi) is 3.41. The molecule has 76 valence electrons. The molecule has 0 saturated carbocycles. The molecule has 1 N–H and O–H groups in total. The fourth-order valence-electron chi connectivity index (χ4n) is 1.41. The molecule has 0 aromatic carbocycles. The second-order valence-electron chi connectivity index (χ2n) is 3.76. The van der Waals surface area contributed by atoms with Crippen LogP contribution in [0, 0.1) is 0 Å². The van der Waals surface area contributed by atoms with Crippen LogP contribution in [0.15, 0.2) is 0 Å². The van der Waals surface area contributed by atoms with Crippen molar-refractivity contribution in [1.29, 1.82) is 0 Å². The topological polar surface area (TPSA) is 55.8 Å². The Bertz CT molecular complexity index is 173. The summed E-state index contributed by atoms with van der Waals surface area (Å²) in [5.74, 6) is -1.13. The fraction of sp³-hybridized carbons (Fsp3) is 0.889. The molecule has 0 amide bonds. The Morgan fingerprint density at radius 3 is 2.85 bits per heavy atom. The number of carbonyl (C=O) groups excluding carboxylic acids is 1. The number of aliphatic hydroxyl groups is 1. The summed E-state index contributed by atoms with van der Waals surface area (Å²) in [4.78, 5) is 10.4. The van der Waals surface area contributed by atoms with Crippen LogP contribution in [0.1, 0.15) is 26.7 Å². The maximum Gasteiger partial charge on any atom is 0.160 e. The SMILES string of the molecule is CC(C)(O)O[C@@H]1CCO[C@H](C=O)C1. The van der Waals surface area contributed by atoms with Gasteiger partial charge in [-0.2, -0.15) is 0 Å². The van der Waals surface area contributed by atoms with Gasteiger partial charge in [-0.05, 0) is 20.3 Å². The van der Waals surface area contributed by atoms with Crippen molar-refractivity contribution in [2.45, 2.75) is 44.7 Å². The van der Waals surface area contributed by atoms with Gasteiger partial charge in [0.1, 0.15) is 12.4 Å². The van der Waals surface area contributed by atoms with E-state index < -0.39 is 5.79 Å². The lowest BCUT2D eigenvalue weighted by molar-refractivity contribution is -0.223. The maximum absolute atomic E-state index is 10.4. The predicted octanol–water partition coefficient (Wildman–Crippen LogP) is 0.478. The smallest absolute Gasteiger partial charge is 0.160 e. The Morgan fingerprint density at radius 2 is 2.31 bits per heavy atom. The first-order chi connectivity index (χ1) is 6.01. The predicted molar refractivity (Wildman–Crippen MR) is 46.2 cm³/mol. The minimum absolute atomic E-state index is 0.0797. The second kappa shape index (κ2) is 4.17. The number of carbonyl (C=O) groups is 1. The van der Waals surface area contributed by atoms with E-state index in [1.165, 1.54) is 0 Å². The van der Waals surface area contributed by atoms with E-state index in [0.717, 1.165) is 12.7 Å². The molecule has 2 atom stereocenters. The van der Waals surface area contributed by atoms with Crippen molar-refractivity contribution in [3.8, 4) is 0 Å². The Labute approximate surface area is 77.8 Å². The molecule has 0 radical (unpaired) electrons. The zero-order valence-electron chi connectivity index (χ0n) is 8.03. The van der Waals surface area contributed by atoms with E-state index in [-0.39, 0.29) is 12.2 Å². The molecule has 0 unspecified atom stereocenters. The van der Waals surface area contributed by atoms with Crippen molar-refractivity contribution in [2.75, 3.05) is 6.61 Å². The van der Waals surface area contributed by atoms with E-state index in [4.69, 9.17) is 9.47 Å². The quantitative estimate of drug-likeness (QED) is 0.517. The zero-order chi connectivity index (χ0) is 9.90. The van der Waals surface area contributed by atoms with E-state index in [1.54, 1.807) is 13.8 Å². The van der Waals surface area contributed by atoms with Crippen molar-refractivity contribution in [3.05, 3.63) is 0 Å². The van der Waals surface area contributed by atoms with Crippen LogP contribution in [-0.2, 0) is 14.3 Å². The van der Waals surface area contributed by atoms with E-state index in [1.807, 2.05) is 0 Å². The molecule has 0 aromatic rings. The van der Waals surface area contributed by atoms with Gasteiger partial charge in [0.25, 0.3) is 0 Å². The van der Waals surface area contributed by atoms with Gasteiger partial charge in [-0.3, -0.25) is 0 Å². The molecule has 1 heterocycles. The van der Waals surface area contributed by atoms with E-state index in [0.29, 0.717) is 13.0 Å². The maximum atomic E-state index is 10.4. The van der Waals surface area contributed by atoms with Crippen LogP contribution in [-0.4, -0.2) is 36.0 Å². The van der Waals surface area contributed by atoms with Crippen LogP contribution < -0.4 is 0 Å². The van der Waals surface area contributed by atoms with Gasteiger partial charge in [0.15, 0.2) is 5.79 Å². The minimum Gasteiger partial charge on any atom is -0.371 e. The van der Waals surface area contributed by atoms with E-state index in [9.17, 15) is 9.90 Å². The van der Waals surface area contributed by atoms with Gasteiger partial charge in [0, 0.05) is 6.42 Å². The molecule has 13 heavy (non-hydrogen) atoms. The average Bonchev–Trinajstić information content (AvgIpc) is 2.01. The van der Waals surface area contributed by atoms with Gasteiger partial charge in [-0.25, -0.2) is 0 Å². The standard InChI is InChI=1S/C9H16O4/c1-9(2,11)13-7-3-4-12-8(5-7)6-10/h6-8,11H,3-5H2,1-2H3/t7-,8+/m1/s1. The third-order valence-corrected chi connectivity index (χ3v) is 1.87. The third-order valence-electron chi connectivity index (χ3n) is 1.87.